The second-order valence-electron chi connectivity index (χ2n) is 8.66. The fourth-order valence-corrected chi connectivity index (χ4v) is 4.67. The minimum atomic E-state index is 0.449. The Bertz CT molecular complexity index is 766. The number of fused-ring (bicyclic) bond motifs is 1. The van der Waals surface area contributed by atoms with Crippen molar-refractivity contribution < 1.29 is 0 Å². The molecule has 6 nitrogen and oxygen atoms in total. The lowest BCUT2D eigenvalue weighted by Crippen LogP contribution is -2.29. The van der Waals surface area contributed by atoms with E-state index >= 15 is 0 Å². The van der Waals surface area contributed by atoms with Gasteiger partial charge in [0.25, 0.3) is 0 Å². The van der Waals surface area contributed by atoms with Gasteiger partial charge in [0.05, 0.1) is 6.20 Å². The van der Waals surface area contributed by atoms with Gasteiger partial charge in [0.2, 0.25) is 0 Å². The number of aromatic nitrogens is 4. The molecule has 0 amide bonds. The molecule has 1 aliphatic carbocycles. The number of anilines is 1. The van der Waals surface area contributed by atoms with E-state index in [1.807, 2.05) is 6.20 Å². The Kier molecular flexibility index (Phi) is 3.96. The minimum Gasteiger partial charge on any atom is -0.356 e. The number of aromatic amines is 1. The first-order valence-corrected chi connectivity index (χ1v) is 9.98. The lowest BCUT2D eigenvalue weighted by Gasteiger charge is -2.22. The van der Waals surface area contributed by atoms with Crippen LogP contribution in [0, 0.1) is 11.8 Å². The fraction of sp³-hybridized carbons (Fsp3) is 0.650. The Morgan fingerprint density at radius 2 is 1.88 bits per heavy atom. The first-order chi connectivity index (χ1) is 12.7. The summed E-state index contributed by atoms with van der Waals surface area (Å²) in [5.74, 6) is 3.81. The topological polar surface area (TPSA) is 60.9 Å². The molecule has 2 saturated heterocycles. The predicted octanol–water partition coefficient (Wildman–Crippen LogP) is 2.77. The molecule has 0 radical (unpaired) electrons. The van der Waals surface area contributed by atoms with Gasteiger partial charge in [0.1, 0.15) is 12.1 Å². The zero-order chi connectivity index (χ0) is 17.7. The Balaban J connectivity index is 1.22. The summed E-state index contributed by atoms with van der Waals surface area (Å²) in [7, 11) is 0. The number of hydrogen-bond acceptors (Lipinski definition) is 5. The summed E-state index contributed by atoms with van der Waals surface area (Å²) in [6.45, 7) is 10.1. The second-order valence-corrected chi connectivity index (χ2v) is 8.66. The third kappa shape index (κ3) is 3.00. The van der Waals surface area contributed by atoms with Crippen molar-refractivity contribution in [3.63, 3.8) is 0 Å². The van der Waals surface area contributed by atoms with Crippen molar-refractivity contribution in [2.45, 2.75) is 45.1 Å². The van der Waals surface area contributed by atoms with Gasteiger partial charge in [-0.2, -0.15) is 5.10 Å². The standard InChI is InChI=1S/C20H28N6/c1-13(2)18-5-19(22-12-21-18)26-10-16-8-25(9-17(16)11-26)7-15-6-23-24-20(15)14-3-4-14/h5-6,12-14,16-17H,3-4,7-11H2,1-2H3,(H,23,24). The number of hydrogen-bond donors (Lipinski definition) is 1. The Hall–Kier alpha value is -1.95. The van der Waals surface area contributed by atoms with Gasteiger partial charge in [0.15, 0.2) is 0 Å². The van der Waals surface area contributed by atoms with E-state index in [0.717, 1.165) is 48.9 Å². The minimum absolute atomic E-state index is 0.449. The third-order valence-corrected chi connectivity index (χ3v) is 6.28. The average molecular weight is 352 g/mol. The number of H-pyrrole nitrogens is 1. The summed E-state index contributed by atoms with van der Waals surface area (Å²) < 4.78 is 0. The van der Waals surface area contributed by atoms with Gasteiger partial charge in [-0.1, -0.05) is 13.8 Å². The molecule has 2 aromatic rings. The van der Waals surface area contributed by atoms with Crippen LogP contribution in [0.5, 0.6) is 0 Å². The van der Waals surface area contributed by atoms with Crippen molar-refractivity contribution in [3.05, 3.63) is 35.5 Å². The molecular formula is C20H28N6. The van der Waals surface area contributed by atoms with Crippen LogP contribution in [0.3, 0.4) is 0 Å². The van der Waals surface area contributed by atoms with Crippen molar-refractivity contribution in [1.82, 2.24) is 25.1 Å². The third-order valence-electron chi connectivity index (χ3n) is 6.28. The highest BCUT2D eigenvalue weighted by molar-refractivity contribution is 5.41. The van der Waals surface area contributed by atoms with Crippen LogP contribution in [-0.4, -0.2) is 51.2 Å². The number of nitrogens with one attached hydrogen (secondary N) is 1. The molecule has 1 saturated carbocycles. The van der Waals surface area contributed by atoms with Crippen molar-refractivity contribution >= 4 is 5.82 Å². The Morgan fingerprint density at radius 3 is 2.58 bits per heavy atom. The maximum atomic E-state index is 4.54. The largest absolute Gasteiger partial charge is 0.356 e. The zero-order valence-electron chi connectivity index (χ0n) is 15.7. The van der Waals surface area contributed by atoms with Crippen LogP contribution in [0.25, 0.3) is 0 Å². The van der Waals surface area contributed by atoms with Crippen molar-refractivity contribution in [2.24, 2.45) is 11.8 Å². The number of rotatable bonds is 5. The molecule has 0 aromatic carbocycles. The molecule has 6 heteroatoms. The van der Waals surface area contributed by atoms with Gasteiger partial charge >= 0.3 is 0 Å². The molecule has 3 fully saturated rings. The normalized spacial score (nSPS) is 26.0. The molecule has 3 aliphatic rings. The van der Waals surface area contributed by atoms with Crippen molar-refractivity contribution in [1.29, 1.82) is 0 Å². The molecule has 2 aliphatic heterocycles. The molecule has 2 unspecified atom stereocenters. The van der Waals surface area contributed by atoms with Crippen LogP contribution in [0.2, 0.25) is 0 Å². The van der Waals surface area contributed by atoms with Gasteiger partial charge in [-0.05, 0) is 30.6 Å². The van der Waals surface area contributed by atoms with Crippen LogP contribution in [-0.2, 0) is 6.54 Å². The van der Waals surface area contributed by atoms with E-state index in [9.17, 15) is 0 Å². The summed E-state index contributed by atoms with van der Waals surface area (Å²) in [5, 5.41) is 7.53. The van der Waals surface area contributed by atoms with Crippen molar-refractivity contribution in [3.8, 4) is 0 Å². The Morgan fingerprint density at radius 1 is 1.12 bits per heavy atom. The second kappa shape index (κ2) is 6.34. The molecule has 0 bridgehead atoms. The number of nitrogens with zero attached hydrogens (tertiary/aromatic N) is 5. The van der Waals surface area contributed by atoms with Gasteiger partial charge in [0, 0.05) is 61.7 Å². The summed E-state index contributed by atoms with van der Waals surface area (Å²) in [4.78, 5) is 14.0. The van der Waals surface area contributed by atoms with Crippen LogP contribution < -0.4 is 4.90 Å². The van der Waals surface area contributed by atoms with E-state index in [2.05, 4.69) is 49.9 Å². The highest BCUT2D eigenvalue weighted by atomic mass is 15.3. The summed E-state index contributed by atoms with van der Waals surface area (Å²) in [6.07, 6.45) is 6.42. The molecular weight excluding hydrogens is 324 g/mol. The smallest absolute Gasteiger partial charge is 0.132 e. The van der Waals surface area contributed by atoms with Crippen LogP contribution in [0.15, 0.2) is 18.6 Å². The van der Waals surface area contributed by atoms with Crippen LogP contribution >= 0.6 is 0 Å². The average Bonchev–Trinajstić information content (AvgIpc) is 3.06. The quantitative estimate of drug-likeness (QED) is 0.897. The first-order valence-electron chi connectivity index (χ1n) is 9.98. The molecule has 1 N–H and O–H groups in total. The fourth-order valence-electron chi connectivity index (χ4n) is 4.67. The molecule has 0 spiro atoms. The maximum absolute atomic E-state index is 4.54. The van der Waals surface area contributed by atoms with E-state index < -0.39 is 0 Å². The monoisotopic (exact) mass is 352 g/mol. The van der Waals surface area contributed by atoms with E-state index in [4.69, 9.17) is 0 Å². The molecule has 2 atom stereocenters. The van der Waals surface area contributed by atoms with Gasteiger partial charge in [-0.25, -0.2) is 9.97 Å². The molecule has 5 rings (SSSR count). The summed E-state index contributed by atoms with van der Waals surface area (Å²) >= 11 is 0. The van der Waals surface area contributed by atoms with Gasteiger partial charge in [-0.15, -0.1) is 0 Å². The predicted molar refractivity (Wildman–Crippen MR) is 101 cm³/mol. The Labute approximate surface area is 155 Å². The molecule has 2 aromatic heterocycles. The lowest BCUT2D eigenvalue weighted by molar-refractivity contribution is 0.308. The van der Waals surface area contributed by atoms with E-state index in [1.54, 1.807) is 6.33 Å². The maximum Gasteiger partial charge on any atom is 0.132 e. The van der Waals surface area contributed by atoms with E-state index in [-0.39, 0.29) is 0 Å². The summed E-state index contributed by atoms with van der Waals surface area (Å²) in [6, 6.07) is 2.18. The molecule has 4 heterocycles. The van der Waals surface area contributed by atoms with E-state index in [0.29, 0.717) is 5.92 Å². The lowest BCUT2D eigenvalue weighted by atomic mass is 10.0. The van der Waals surface area contributed by atoms with Crippen molar-refractivity contribution in [2.75, 3.05) is 31.1 Å². The van der Waals surface area contributed by atoms with Crippen LogP contribution in [0.1, 0.15) is 55.5 Å². The first kappa shape index (κ1) is 16.2. The summed E-state index contributed by atoms with van der Waals surface area (Å²) in [5.41, 5.74) is 3.95. The van der Waals surface area contributed by atoms with Crippen LogP contribution in [0.4, 0.5) is 5.82 Å². The highest BCUT2D eigenvalue weighted by Crippen LogP contribution is 2.41. The van der Waals surface area contributed by atoms with Gasteiger partial charge < -0.3 is 4.90 Å². The van der Waals surface area contributed by atoms with Gasteiger partial charge in [-0.3, -0.25) is 10.00 Å². The number of likely N-dealkylation sites (tertiary alicyclic amines) is 1. The molecule has 26 heavy (non-hydrogen) atoms. The zero-order valence-corrected chi connectivity index (χ0v) is 15.7. The highest BCUT2D eigenvalue weighted by Gasteiger charge is 2.41. The molecule has 138 valence electrons. The SMILES string of the molecule is CC(C)c1cc(N2CC3CN(Cc4cn[nH]c4C4CC4)CC3C2)ncn1. The van der Waals surface area contributed by atoms with E-state index in [1.165, 1.54) is 37.2 Å².